The fourth-order valence-electron chi connectivity index (χ4n) is 1.41. The van der Waals surface area contributed by atoms with Gasteiger partial charge in [0.25, 0.3) is 0 Å². The van der Waals surface area contributed by atoms with Crippen LogP contribution in [0, 0.1) is 0 Å². The molecule has 0 aliphatic carbocycles. The SMILES string of the molecule is C/C(=N/O)c1ccccc1NC(=O)COCC(F)(F)F. The van der Waals surface area contributed by atoms with E-state index in [4.69, 9.17) is 5.21 Å². The minimum Gasteiger partial charge on any atom is -0.411 e. The molecule has 0 spiro atoms. The van der Waals surface area contributed by atoms with Gasteiger partial charge in [-0.05, 0) is 13.0 Å². The molecule has 0 atom stereocenters. The van der Waals surface area contributed by atoms with Crippen LogP contribution in [0.15, 0.2) is 29.4 Å². The topological polar surface area (TPSA) is 70.9 Å². The second-order valence-electron chi connectivity index (χ2n) is 3.89. The van der Waals surface area contributed by atoms with Gasteiger partial charge < -0.3 is 15.3 Å². The molecule has 0 heterocycles. The molecule has 8 heteroatoms. The Morgan fingerprint density at radius 3 is 2.65 bits per heavy atom. The summed E-state index contributed by atoms with van der Waals surface area (Å²) >= 11 is 0. The van der Waals surface area contributed by atoms with Gasteiger partial charge >= 0.3 is 6.18 Å². The Bertz CT molecular complexity index is 501. The first-order valence-corrected chi connectivity index (χ1v) is 5.56. The van der Waals surface area contributed by atoms with E-state index >= 15 is 0 Å². The van der Waals surface area contributed by atoms with Crippen molar-refractivity contribution in [1.29, 1.82) is 0 Å². The van der Waals surface area contributed by atoms with Gasteiger partial charge in [0.05, 0.1) is 5.71 Å². The van der Waals surface area contributed by atoms with Gasteiger partial charge in [-0.1, -0.05) is 23.4 Å². The number of hydrogen-bond donors (Lipinski definition) is 2. The number of carbonyl (C=O) groups excluding carboxylic acids is 1. The summed E-state index contributed by atoms with van der Waals surface area (Å²) in [6.07, 6.45) is -4.47. The molecular formula is C12H13F3N2O3. The van der Waals surface area contributed by atoms with Crippen LogP contribution in [0.5, 0.6) is 0 Å². The third-order valence-corrected chi connectivity index (χ3v) is 2.24. The van der Waals surface area contributed by atoms with Gasteiger partial charge in [-0.2, -0.15) is 13.2 Å². The minimum atomic E-state index is -4.47. The van der Waals surface area contributed by atoms with Crippen molar-refractivity contribution >= 4 is 17.3 Å². The molecule has 0 bridgehead atoms. The van der Waals surface area contributed by atoms with Crippen LogP contribution in [0.3, 0.4) is 0 Å². The molecule has 0 saturated heterocycles. The molecule has 110 valence electrons. The molecule has 1 aromatic carbocycles. The summed E-state index contributed by atoms with van der Waals surface area (Å²) in [4.78, 5) is 11.5. The van der Waals surface area contributed by atoms with Gasteiger partial charge in [0.15, 0.2) is 0 Å². The molecule has 0 unspecified atom stereocenters. The normalized spacial score (nSPS) is 12.3. The highest BCUT2D eigenvalue weighted by molar-refractivity contribution is 6.06. The van der Waals surface area contributed by atoms with Gasteiger partial charge in [-0.3, -0.25) is 4.79 Å². The number of benzene rings is 1. The van der Waals surface area contributed by atoms with Gasteiger partial charge in [-0.15, -0.1) is 0 Å². The van der Waals surface area contributed by atoms with E-state index in [1.807, 2.05) is 0 Å². The van der Waals surface area contributed by atoms with E-state index in [0.29, 0.717) is 11.3 Å². The molecule has 0 saturated carbocycles. The van der Waals surface area contributed by atoms with Crippen molar-refractivity contribution in [2.75, 3.05) is 18.5 Å². The average Bonchev–Trinajstić information content (AvgIpc) is 2.37. The predicted molar refractivity (Wildman–Crippen MR) is 65.9 cm³/mol. The number of hydrogen-bond acceptors (Lipinski definition) is 4. The lowest BCUT2D eigenvalue weighted by Gasteiger charge is -2.11. The number of rotatable bonds is 5. The number of alkyl halides is 3. The Labute approximate surface area is 113 Å². The summed E-state index contributed by atoms with van der Waals surface area (Å²) in [6.45, 7) is -0.687. The van der Waals surface area contributed by atoms with E-state index in [9.17, 15) is 18.0 Å². The quantitative estimate of drug-likeness (QED) is 0.497. The summed E-state index contributed by atoms with van der Waals surface area (Å²) < 4.78 is 39.8. The van der Waals surface area contributed by atoms with Crippen LogP contribution >= 0.6 is 0 Å². The lowest BCUT2D eigenvalue weighted by molar-refractivity contribution is -0.174. The fourth-order valence-corrected chi connectivity index (χ4v) is 1.41. The zero-order valence-electron chi connectivity index (χ0n) is 10.6. The first kappa shape index (κ1) is 16.0. The molecule has 1 aromatic rings. The molecule has 20 heavy (non-hydrogen) atoms. The second-order valence-corrected chi connectivity index (χ2v) is 3.89. The number of amides is 1. The standard InChI is InChI=1S/C12H13F3N2O3/c1-8(17-19)9-4-2-3-5-10(9)16-11(18)6-20-7-12(13,14)15/h2-5,19H,6-7H2,1H3,(H,16,18)/b17-8-. The lowest BCUT2D eigenvalue weighted by Crippen LogP contribution is -2.24. The second kappa shape index (κ2) is 6.90. The third-order valence-electron chi connectivity index (χ3n) is 2.24. The Hall–Kier alpha value is -2.09. The van der Waals surface area contributed by atoms with E-state index in [-0.39, 0.29) is 5.71 Å². The van der Waals surface area contributed by atoms with Gasteiger partial charge in [0, 0.05) is 11.3 Å². The molecular weight excluding hydrogens is 277 g/mol. The minimum absolute atomic E-state index is 0.261. The Balaban J connectivity index is 2.63. The molecule has 0 aromatic heterocycles. The summed E-state index contributed by atoms with van der Waals surface area (Å²) in [5.74, 6) is -0.729. The maximum atomic E-state index is 11.8. The number of nitrogens with zero attached hydrogens (tertiary/aromatic N) is 1. The summed E-state index contributed by atoms with van der Waals surface area (Å²) in [5.41, 5.74) is 1.04. The maximum absolute atomic E-state index is 11.8. The van der Waals surface area contributed by atoms with Crippen molar-refractivity contribution in [3.8, 4) is 0 Å². The number of oxime groups is 1. The van der Waals surface area contributed by atoms with Crippen LogP contribution in [0.25, 0.3) is 0 Å². The van der Waals surface area contributed by atoms with E-state index < -0.39 is 25.3 Å². The highest BCUT2D eigenvalue weighted by atomic mass is 19.4. The highest BCUT2D eigenvalue weighted by Gasteiger charge is 2.27. The third kappa shape index (κ3) is 5.27. The van der Waals surface area contributed by atoms with Crippen molar-refractivity contribution in [2.24, 2.45) is 5.16 Å². The maximum Gasteiger partial charge on any atom is 0.411 e. The van der Waals surface area contributed by atoms with E-state index in [1.54, 1.807) is 18.2 Å². The average molecular weight is 290 g/mol. The van der Waals surface area contributed by atoms with Crippen LogP contribution in [-0.4, -0.2) is 36.2 Å². The first-order valence-electron chi connectivity index (χ1n) is 5.56. The van der Waals surface area contributed by atoms with Crippen molar-refractivity contribution in [2.45, 2.75) is 13.1 Å². The molecule has 0 radical (unpaired) electrons. The molecule has 2 N–H and O–H groups in total. The molecule has 0 aliphatic heterocycles. The zero-order chi connectivity index (χ0) is 15.2. The lowest BCUT2D eigenvalue weighted by atomic mass is 10.1. The van der Waals surface area contributed by atoms with E-state index in [0.717, 1.165) is 0 Å². The van der Waals surface area contributed by atoms with Crippen LogP contribution in [0.2, 0.25) is 0 Å². The molecule has 0 fully saturated rings. The number of carbonyl (C=O) groups is 1. The van der Waals surface area contributed by atoms with Crippen molar-refractivity contribution in [1.82, 2.24) is 0 Å². The molecule has 0 aliphatic rings. The molecule has 1 amide bonds. The van der Waals surface area contributed by atoms with Crippen LogP contribution < -0.4 is 5.32 Å². The number of nitrogens with one attached hydrogen (secondary N) is 1. The summed E-state index contributed by atoms with van der Waals surface area (Å²) in [6, 6.07) is 6.42. The summed E-state index contributed by atoms with van der Waals surface area (Å²) in [5, 5.41) is 14.1. The number of para-hydroxylation sites is 1. The van der Waals surface area contributed by atoms with Crippen LogP contribution in [0.4, 0.5) is 18.9 Å². The van der Waals surface area contributed by atoms with Gasteiger partial charge in [-0.25, -0.2) is 0 Å². The van der Waals surface area contributed by atoms with E-state index in [2.05, 4.69) is 15.2 Å². The monoisotopic (exact) mass is 290 g/mol. The zero-order valence-corrected chi connectivity index (χ0v) is 10.6. The molecule has 1 rings (SSSR count). The predicted octanol–water partition coefficient (Wildman–Crippen LogP) is 2.40. The largest absolute Gasteiger partial charge is 0.411 e. The fraction of sp³-hybridized carbons (Fsp3) is 0.333. The summed E-state index contributed by atoms with van der Waals surface area (Å²) in [7, 11) is 0. The number of ether oxygens (including phenoxy) is 1. The van der Waals surface area contributed by atoms with Crippen molar-refractivity contribution < 1.29 is 27.9 Å². The number of halogens is 3. The van der Waals surface area contributed by atoms with Gasteiger partial charge in [0.1, 0.15) is 13.2 Å². The van der Waals surface area contributed by atoms with Gasteiger partial charge in [0.2, 0.25) is 5.91 Å². The Morgan fingerprint density at radius 2 is 2.05 bits per heavy atom. The van der Waals surface area contributed by atoms with E-state index in [1.165, 1.54) is 13.0 Å². The molecule has 5 nitrogen and oxygen atoms in total. The Morgan fingerprint density at radius 1 is 1.40 bits per heavy atom. The first-order chi connectivity index (χ1) is 9.33. The van der Waals surface area contributed by atoms with Crippen LogP contribution in [0.1, 0.15) is 12.5 Å². The smallest absolute Gasteiger partial charge is 0.411 e. The number of anilines is 1. The van der Waals surface area contributed by atoms with Crippen LogP contribution in [-0.2, 0) is 9.53 Å². The Kier molecular flexibility index (Phi) is 5.51. The highest BCUT2D eigenvalue weighted by Crippen LogP contribution is 2.17. The van der Waals surface area contributed by atoms with Crippen molar-refractivity contribution in [3.63, 3.8) is 0 Å². The van der Waals surface area contributed by atoms with Crippen molar-refractivity contribution in [3.05, 3.63) is 29.8 Å².